The Morgan fingerprint density at radius 1 is 1.06 bits per heavy atom. The molecular weight excluding hydrogens is 464 g/mol. The lowest BCUT2D eigenvalue weighted by Crippen LogP contribution is -2.39. The average Bonchev–Trinajstić information content (AvgIpc) is 3.47. The second-order valence-corrected chi connectivity index (χ2v) is 10.1. The topological polar surface area (TPSA) is 60.7 Å². The van der Waals surface area contributed by atoms with E-state index in [0.717, 1.165) is 21.6 Å². The zero-order chi connectivity index (χ0) is 23.7. The molecule has 0 fully saturated rings. The van der Waals surface area contributed by atoms with Crippen LogP contribution in [-0.4, -0.2) is 10.5 Å². The van der Waals surface area contributed by atoms with Gasteiger partial charge in [0.2, 0.25) is 0 Å². The predicted octanol–water partition coefficient (Wildman–Crippen LogP) is 4.35. The van der Waals surface area contributed by atoms with E-state index in [9.17, 15) is 9.59 Å². The number of allylic oxidation sites excluding steroid dienone is 1. The Morgan fingerprint density at radius 3 is 2.53 bits per heavy atom. The number of hydrogen-bond acceptors (Lipinski definition) is 6. The Bertz CT molecular complexity index is 1540. The summed E-state index contributed by atoms with van der Waals surface area (Å²) in [4.78, 5) is 33.0. The molecule has 2 aromatic heterocycles. The van der Waals surface area contributed by atoms with Gasteiger partial charge in [-0.15, -0.1) is 11.3 Å². The van der Waals surface area contributed by atoms with Crippen molar-refractivity contribution in [2.75, 3.05) is 0 Å². The van der Waals surface area contributed by atoms with Gasteiger partial charge in [-0.2, -0.15) is 0 Å². The van der Waals surface area contributed by atoms with E-state index in [1.807, 2.05) is 85.1 Å². The molecule has 0 saturated carbocycles. The molecule has 0 unspecified atom stereocenters. The highest BCUT2D eigenvalue weighted by Gasteiger charge is 2.34. The van der Waals surface area contributed by atoms with Crippen molar-refractivity contribution in [1.82, 2.24) is 4.57 Å². The van der Waals surface area contributed by atoms with E-state index >= 15 is 0 Å². The van der Waals surface area contributed by atoms with Gasteiger partial charge < -0.3 is 4.74 Å². The van der Waals surface area contributed by atoms with Crippen LogP contribution in [0.5, 0.6) is 0 Å². The van der Waals surface area contributed by atoms with E-state index < -0.39 is 12.0 Å². The van der Waals surface area contributed by atoms with Crippen LogP contribution in [0, 0.1) is 6.92 Å². The number of aryl methyl sites for hydroxylation is 1. The van der Waals surface area contributed by atoms with Crippen LogP contribution in [0.2, 0.25) is 0 Å². The molecule has 0 spiro atoms. The first-order valence-corrected chi connectivity index (χ1v) is 12.5. The fraction of sp³-hybridized carbons (Fsp3) is 0.148. The molecule has 5 rings (SSSR count). The maximum Gasteiger partial charge on any atom is 0.338 e. The molecule has 1 aliphatic heterocycles. The van der Waals surface area contributed by atoms with Gasteiger partial charge >= 0.3 is 5.97 Å². The highest BCUT2D eigenvalue weighted by Crippen LogP contribution is 2.33. The number of ether oxygens (including phenoxy) is 1. The number of rotatable bonds is 5. The number of fused-ring (bicyclic) bond motifs is 1. The Labute approximate surface area is 204 Å². The minimum Gasteiger partial charge on any atom is -0.457 e. The smallest absolute Gasteiger partial charge is 0.338 e. The minimum atomic E-state index is -0.570. The monoisotopic (exact) mass is 486 g/mol. The number of carbonyl (C=O) groups is 1. The molecule has 170 valence electrons. The summed E-state index contributed by atoms with van der Waals surface area (Å²) < 4.78 is 7.87. The molecule has 0 aliphatic carbocycles. The largest absolute Gasteiger partial charge is 0.457 e. The van der Waals surface area contributed by atoms with Crippen LogP contribution in [-0.2, 0) is 16.1 Å². The molecule has 0 N–H and O–H groups in total. The predicted molar refractivity (Wildman–Crippen MR) is 136 cm³/mol. The number of carbonyl (C=O) groups excluding carboxylic acids is 1. The first-order chi connectivity index (χ1) is 16.5. The van der Waals surface area contributed by atoms with Gasteiger partial charge in [0.25, 0.3) is 5.56 Å². The van der Waals surface area contributed by atoms with Crippen LogP contribution < -0.4 is 14.9 Å². The first-order valence-electron chi connectivity index (χ1n) is 10.8. The van der Waals surface area contributed by atoms with Crippen LogP contribution in [0.1, 0.15) is 34.5 Å². The molecule has 0 radical (unpaired) electrons. The van der Waals surface area contributed by atoms with Crippen molar-refractivity contribution in [3.05, 3.63) is 125 Å². The normalized spacial score (nSPS) is 15.7. The molecule has 0 saturated heterocycles. The minimum absolute atomic E-state index is 0.158. The molecule has 1 aliphatic rings. The lowest BCUT2D eigenvalue weighted by Gasteiger charge is -2.23. The summed E-state index contributed by atoms with van der Waals surface area (Å²) in [5.41, 5.74) is 3.81. The molecule has 4 aromatic rings. The summed E-state index contributed by atoms with van der Waals surface area (Å²) in [5, 5.41) is 1.94. The fourth-order valence-corrected chi connectivity index (χ4v) is 5.78. The maximum absolute atomic E-state index is 13.6. The Morgan fingerprint density at radius 2 is 1.82 bits per heavy atom. The number of hydrogen-bond donors (Lipinski definition) is 0. The van der Waals surface area contributed by atoms with Gasteiger partial charge in [-0.05, 0) is 42.5 Å². The Hall–Kier alpha value is -3.55. The Balaban J connectivity index is 1.58. The summed E-state index contributed by atoms with van der Waals surface area (Å²) in [5.74, 6) is -0.462. The highest BCUT2D eigenvalue weighted by molar-refractivity contribution is 7.10. The van der Waals surface area contributed by atoms with Gasteiger partial charge in [0.05, 0.1) is 15.8 Å². The third-order valence-electron chi connectivity index (χ3n) is 5.64. The zero-order valence-electron chi connectivity index (χ0n) is 18.7. The molecule has 3 heterocycles. The van der Waals surface area contributed by atoms with Crippen LogP contribution in [0.15, 0.2) is 93.2 Å². The number of esters is 1. The average molecular weight is 487 g/mol. The number of benzene rings is 2. The molecule has 34 heavy (non-hydrogen) atoms. The number of thiazole rings is 1. The van der Waals surface area contributed by atoms with Crippen LogP contribution in [0.3, 0.4) is 0 Å². The standard InChI is InChI=1S/C27H22N2O3S2/c1-17-10-12-19(13-11-17)15-22-25(30)29-24(21-9-6-14-33-21)23(18(2)28-27(29)34-22)26(31)32-16-20-7-4-3-5-8-20/h3-15,24H,16H2,1-2H3/b22-15+/t24-/m1/s1. The molecule has 2 aromatic carbocycles. The first kappa shape index (κ1) is 22.3. The quantitative estimate of drug-likeness (QED) is 0.394. The van der Waals surface area contributed by atoms with Gasteiger partial charge in [-0.1, -0.05) is 77.6 Å². The van der Waals surface area contributed by atoms with E-state index in [2.05, 4.69) is 4.99 Å². The lowest BCUT2D eigenvalue weighted by molar-refractivity contribution is -0.140. The number of nitrogens with zero attached hydrogens (tertiary/aromatic N) is 2. The van der Waals surface area contributed by atoms with Crippen LogP contribution >= 0.6 is 22.7 Å². The second kappa shape index (κ2) is 9.37. The summed E-state index contributed by atoms with van der Waals surface area (Å²) in [7, 11) is 0. The van der Waals surface area contributed by atoms with Crippen molar-refractivity contribution in [3.63, 3.8) is 0 Å². The number of thiophene rings is 1. The zero-order valence-corrected chi connectivity index (χ0v) is 20.4. The summed E-state index contributed by atoms with van der Waals surface area (Å²) >= 11 is 2.84. The van der Waals surface area contributed by atoms with Crippen molar-refractivity contribution in [3.8, 4) is 0 Å². The van der Waals surface area contributed by atoms with E-state index in [1.165, 1.54) is 22.7 Å². The van der Waals surface area contributed by atoms with Crippen molar-refractivity contribution in [2.45, 2.75) is 26.5 Å². The summed E-state index contributed by atoms with van der Waals surface area (Å²) in [6.45, 7) is 3.99. The van der Waals surface area contributed by atoms with Crippen molar-refractivity contribution in [1.29, 1.82) is 0 Å². The SMILES string of the molecule is CC1=C(C(=O)OCc2ccccc2)[C@@H](c2cccs2)n2c(s/c(=C/c3ccc(C)cc3)c2=O)=N1. The molecule has 5 nitrogen and oxygen atoms in total. The third kappa shape index (κ3) is 4.32. The van der Waals surface area contributed by atoms with Gasteiger partial charge in [-0.25, -0.2) is 9.79 Å². The Kier molecular flexibility index (Phi) is 6.13. The molecule has 0 bridgehead atoms. The lowest BCUT2D eigenvalue weighted by atomic mass is 10.0. The molecule has 0 amide bonds. The van der Waals surface area contributed by atoms with Crippen molar-refractivity contribution >= 4 is 34.7 Å². The third-order valence-corrected chi connectivity index (χ3v) is 7.55. The van der Waals surface area contributed by atoms with Crippen molar-refractivity contribution in [2.24, 2.45) is 4.99 Å². The summed E-state index contributed by atoms with van der Waals surface area (Å²) in [6.07, 6.45) is 1.88. The van der Waals surface area contributed by atoms with Crippen molar-refractivity contribution < 1.29 is 9.53 Å². The van der Waals surface area contributed by atoms with E-state index in [4.69, 9.17) is 4.74 Å². The van der Waals surface area contributed by atoms with E-state index in [-0.39, 0.29) is 12.2 Å². The maximum atomic E-state index is 13.6. The molecular formula is C27H22N2O3S2. The molecule has 1 atom stereocenters. The number of aromatic nitrogens is 1. The second-order valence-electron chi connectivity index (χ2n) is 8.07. The van der Waals surface area contributed by atoms with Gasteiger partial charge in [-0.3, -0.25) is 9.36 Å². The van der Waals surface area contributed by atoms with Gasteiger partial charge in [0.1, 0.15) is 12.6 Å². The van der Waals surface area contributed by atoms with Crippen LogP contribution in [0.4, 0.5) is 0 Å². The van der Waals surface area contributed by atoms with Gasteiger partial charge in [0.15, 0.2) is 4.80 Å². The van der Waals surface area contributed by atoms with E-state index in [1.54, 1.807) is 11.5 Å². The molecule has 7 heteroatoms. The highest BCUT2D eigenvalue weighted by atomic mass is 32.1. The van der Waals surface area contributed by atoms with Gasteiger partial charge in [0, 0.05) is 4.88 Å². The summed E-state index contributed by atoms with van der Waals surface area (Å²) in [6, 6.07) is 20.8. The fourth-order valence-electron chi connectivity index (χ4n) is 3.91. The van der Waals surface area contributed by atoms with Crippen LogP contribution in [0.25, 0.3) is 6.08 Å². The van der Waals surface area contributed by atoms with E-state index in [0.29, 0.717) is 20.6 Å².